The topological polar surface area (TPSA) is 114 Å². The molecule has 1 unspecified atom stereocenters. The number of hydrogen-bond acceptors (Lipinski definition) is 9. The molecule has 1 saturated heterocycles. The van der Waals surface area contributed by atoms with Crippen LogP contribution in [0.2, 0.25) is 23.2 Å². The summed E-state index contributed by atoms with van der Waals surface area (Å²) in [7, 11) is -2.03. The Labute approximate surface area is 258 Å². The molecule has 0 aliphatic carbocycles. The Morgan fingerprint density at radius 2 is 1.95 bits per heavy atom. The fourth-order valence-electron chi connectivity index (χ4n) is 4.91. The molecule has 5 rings (SSSR count). The van der Waals surface area contributed by atoms with Crippen LogP contribution in [0.3, 0.4) is 0 Å². The average molecular weight is 625 g/mol. The fourth-order valence-corrected chi connectivity index (χ4v) is 6.18. The van der Waals surface area contributed by atoms with Gasteiger partial charge in [-0.25, -0.2) is 19.3 Å². The first-order chi connectivity index (χ1) is 20.3. The summed E-state index contributed by atoms with van der Waals surface area (Å²) in [4.78, 5) is 13.0. The van der Waals surface area contributed by atoms with Crippen molar-refractivity contribution in [1.29, 1.82) is 5.26 Å². The van der Waals surface area contributed by atoms with Gasteiger partial charge >= 0.3 is 0 Å². The van der Waals surface area contributed by atoms with Gasteiger partial charge in [-0.05, 0) is 41.9 Å². The largest absolute Gasteiger partial charge is 0.473 e. The molecular weight excluding hydrogens is 587 g/mol. The van der Waals surface area contributed by atoms with Crippen LogP contribution < -0.4 is 15.4 Å². The predicted molar refractivity (Wildman–Crippen MR) is 168 cm³/mol. The Morgan fingerprint density at radius 3 is 2.65 bits per heavy atom. The summed E-state index contributed by atoms with van der Waals surface area (Å²) in [6, 6.07) is 7.50. The van der Waals surface area contributed by atoms with Crippen LogP contribution in [-0.2, 0) is 14.6 Å². The lowest BCUT2D eigenvalue weighted by Gasteiger charge is -2.39. The number of fused-ring (bicyclic) bond motifs is 1. The number of halogens is 2. The standard InChI is InChI=1S/C31H38ClFN6O3Si/c1-30(2,3)43(5,6)41-18-31(4)17-37-26-20(14-34)11-19(12-23(26)31)27-24(33)16-36-29(39-27)38-25-13-21(32)15-35-28(25)42-22-7-9-40-10-8-22/h11-13,15-16,22,37H,7-10,17-18H2,1-6H3,(H,36,38,39). The summed E-state index contributed by atoms with van der Waals surface area (Å²) in [6.07, 6.45) is 4.06. The number of benzene rings is 1. The lowest BCUT2D eigenvalue weighted by Crippen LogP contribution is -2.45. The number of nitrogens with zero attached hydrogens (tertiary/aromatic N) is 4. The normalized spacial score (nSPS) is 19.0. The second-order valence-corrected chi connectivity index (χ2v) is 18.2. The molecule has 3 aromatic rings. The second-order valence-electron chi connectivity index (χ2n) is 13.0. The number of anilines is 3. The van der Waals surface area contributed by atoms with Gasteiger partial charge in [-0.15, -0.1) is 0 Å². The highest BCUT2D eigenvalue weighted by Crippen LogP contribution is 2.44. The molecule has 2 aliphatic heterocycles. The summed E-state index contributed by atoms with van der Waals surface area (Å²) in [6.45, 7) is 15.5. The number of nitrogens with one attached hydrogen (secondary N) is 2. The van der Waals surface area contributed by atoms with E-state index < -0.39 is 19.5 Å². The van der Waals surface area contributed by atoms with Gasteiger partial charge in [0, 0.05) is 43.2 Å². The van der Waals surface area contributed by atoms with E-state index in [1.165, 1.54) is 6.20 Å². The van der Waals surface area contributed by atoms with Crippen molar-refractivity contribution in [1.82, 2.24) is 15.0 Å². The zero-order valence-electron chi connectivity index (χ0n) is 25.5. The smallest absolute Gasteiger partial charge is 0.238 e. The molecule has 2 aromatic heterocycles. The van der Waals surface area contributed by atoms with E-state index in [1.54, 1.807) is 12.1 Å². The van der Waals surface area contributed by atoms with Gasteiger partial charge in [0.1, 0.15) is 23.6 Å². The predicted octanol–water partition coefficient (Wildman–Crippen LogP) is 7.21. The van der Waals surface area contributed by atoms with Crippen molar-refractivity contribution in [2.24, 2.45) is 0 Å². The van der Waals surface area contributed by atoms with Crippen molar-refractivity contribution >= 4 is 37.2 Å². The van der Waals surface area contributed by atoms with E-state index in [0.29, 0.717) is 54.1 Å². The van der Waals surface area contributed by atoms with Crippen molar-refractivity contribution in [3.8, 4) is 23.2 Å². The number of ether oxygens (including phenoxy) is 2. The highest BCUT2D eigenvalue weighted by atomic mass is 35.5. The van der Waals surface area contributed by atoms with Gasteiger partial charge in [0.05, 0.1) is 35.7 Å². The van der Waals surface area contributed by atoms with Crippen molar-refractivity contribution in [3.63, 3.8) is 0 Å². The highest BCUT2D eigenvalue weighted by Gasteiger charge is 2.42. The minimum atomic E-state index is -2.03. The van der Waals surface area contributed by atoms with Crippen LogP contribution in [0, 0.1) is 17.1 Å². The molecule has 43 heavy (non-hydrogen) atoms. The summed E-state index contributed by atoms with van der Waals surface area (Å²) in [5.74, 6) is -0.125. The monoisotopic (exact) mass is 624 g/mol. The molecule has 2 aliphatic rings. The SMILES string of the molecule is CC1(CO[Si](C)(C)C(C)(C)C)CNc2c(C#N)cc(-c3nc(Nc4cc(Cl)cnc4OC4CCOCC4)ncc3F)cc21. The van der Waals surface area contributed by atoms with Crippen molar-refractivity contribution < 1.29 is 18.3 Å². The van der Waals surface area contributed by atoms with Gasteiger partial charge in [-0.2, -0.15) is 5.26 Å². The molecule has 12 heteroatoms. The van der Waals surface area contributed by atoms with Crippen molar-refractivity contribution in [2.45, 2.75) is 70.2 Å². The maximum Gasteiger partial charge on any atom is 0.238 e. The van der Waals surface area contributed by atoms with Crippen LogP contribution in [0.5, 0.6) is 5.88 Å². The fraction of sp³-hybridized carbons (Fsp3) is 0.484. The molecule has 0 saturated carbocycles. The first kappa shape index (κ1) is 31.1. The van der Waals surface area contributed by atoms with Gasteiger partial charge < -0.3 is 24.5 Å². The van der Waals surface area contributed by atoms with Gasteiger partial charge in [0.15, 0.2) is 14.1 Å². The minimum Gasteiger partial charge on any atom is -0.473 e. The molecule has 9 nitrogen and oxygen atoms in total. The molecule has 0 amide bonds. The molecule has 0 radical (unpaired) electrons. The van der Waals surface area contributed by atoms with Crippen LogP contribution in [0.1, 0.15) is 51.7 Å². The van der Waals surface area contributed by atoms with E-state index in [9.17, 15) is 5.26 Å². The van der Waals surface area contributed by atoms with Gasteiger partial charge in [0.2, 0.25) is 11.8 Å². The van der Waals surface area contributed by atoms with Crippen LogP contribution in [0.25, 0.3) is 11.3 Å². The van der Waals surface area contributed by atoms with Gasteiger partial charge in [0.25, 0.3) is 0 Å². The average Bonchev–Trinajstić information content (AvgIpc) is 3.30. The minimum absolute atomic E-state index is 0.0490. The molecule has 2 N–H and O–H groups in total. The zero-order chi connectivity index (χ0) is 31.0. The molecule has 1 fully saturated rings. The molecule has 1 aromatic carbocycles. The number of hydrogen-bond donors (Lipinski definition) is 2. The number of pyridine rings is 1. The Morgan fingerprint density at radius 1 is 1.21 bits per heavy atom. The van der Waals surface area contributed by atoms with E-state index in [0.717, 1.165) is 30.3 Å². The maximum absolute atomic E-state index is 15.3. The third kappa shape index (κ3) is 6.62. The maximum atomic E-state index is 15.3. The Kier molecular flexibility index (Phi) is 8.69. The third-order valence-corrected chi connectivity index (χ3v) is 13.3. The first-order valence-electron chi connectivity index (χ1n) is 14.5. The molecular formula is C31H38ClFN6O3Si. The summed E-state index contributed by atoms with van der Waals surface area (Å²) >= 11 is 6.25. The lowest BCUT2D eigenvalue weighted by atomic mass is 9.83. The molecule has 228 valence electrons. The van der Waals surface area contributed by atoms with E-state index in [2.05, 4.69) is 72.4 Å². The summed E-state index contributed by atoms with van der Waals surface area (Å²) < 4.78 is 33.5. The Hall–Kier alpha value is -3.30. The van der Waals surface area contributed by atoms with Crippen molar-refractivity contribution in [2.75, 3.05) is 37.0 Å². The number of rotatable bonds is 8. The van der Waals surface area contributed by atoms with Crippen LogP contribution >= 0.6 is 11.6 Å². The molecule has 1 atom stereocenters. The number of nitriles is 1. The second kappa shape index (κ2) is 12.0. The quantitative estimate of drug-likeness (QED) is 0.251. The first-order valence-corrected chi connectivity index (χ1v) is 17.7. The Balaban J connectivity index is 1.47. The van der Waals surface area contributed by atoms with E-state index in [-0.39, 0.29) is 22.8 Å². The molecule has 0 bridgehead atoms. The molecule has 0 spiro atoms. The van der Waals surface area contributed by atoms with Crippen LogP contribution in [-0.4, -0.2) is 55.7 Å². The third-order valence-electron chi connectivity index (χ3n) is 8.65. The Bertz CT molecular complexity index is 1550. The van der Waals surface area contributed by atoms with Gasteiger partial charge in [-0.3, -0.25) is 0 Å². The summed E-state index contributed by atoms with van der Waals surface area (Å²) in [5, 5.41) is 17.0. The highest BCUT2D eigenvalue weighted by molar-refractivity contribution is 6.74. The number of aromatic nitrogens is 3. The molecule has 4 heterocycles. The van der Waals surface area contributed by atoms with E-state index >= 15 is 4.39 Å². The van der Waals surface area contributed by atoms with Crippen LogP contribution in [0.4, 0.5) is 21.7 Å². The van der Waals surface area contributed by atoms with Gasteiger partial charge in [-0.1, -0.05) is 39.3 Å². The van der Waals surface area contributed by atoms with Crippen LogP contribution in [0.15, 0.2) is 30.6 Å². The van der Waals surface area contributed by atoms with E-state index in [4.69, 9.17) is 25.5 Å². The zero-order valence-corrected chi connectivity index (χ0v) is 27.2. The summed E-state index contributed by atoms with van der Waals surface area (Å²) in [5.41, 5.74) is 2.66. The van der Waals surface area contributed by atoms with Crippen molar-refractivity contribution in [3.05, 3.63) is 52.6 Å². The lowest BCUT2D eigenvalue weighted by molar-refractivity contribution is 0.0240. The van der Waals surface area contributed by atoms with E-state index in [1.807, 2.05) is 6.07 Å².